The molecular formula is C14H14N2O. The van der Waals surface area contributed by atoms with E-state index in [1.54, 1.807) is 12.3 Å². The Balaban J connectivity index is 2.63. The van der Waals surface area contributed by atoms with E-state index in [1.165, 1.54) is 0 Å². The normalized spacial score (nSPS) is 22.5. The summed E-state index contributed by atoms with van der Waals surface area (Å²) in [5.41, 5.74) is 6.12. The maximum atomic E-state index is 11.9. The van der Waals surface area contributed by atoms with Crippen molar-refractivity contribution in [2.45, 2.75) is 5.54 Å². The lowest BCUT2D eigenvalue weighted by Crippen LogP contribution is -2.52. The van der Waals surface area contributed by atoms with Crippen molar-refractivity contribution in [2.75, 3.05) is 0 Å². The van der Waals surface area contributed by atoms with Crippen LogP contribution in [0.15, 0.2) is 66.9 Å². The topological polar surface area (TPSA) is 55.1 Å². The van der Waals surface area contributed by atoms with Crippen molar-refractivity contribution in [1.29, 1.82) is 0 Å². The highest BCUT2D eigenvalue weighted by molar-refractivity contribution is 5.91. The summed E-state index contributed by atoms with van der Waals surface area (Å²) >= 11 is 0. The molecule has 1 aliphatic rings. The largest absolute Gasteiger partial charge is 0.370 e. The molecule has 3 N–H and O–H groups in total. The molecule has 86 valence electrons. The third-order valence-corrected chi connectivity index (χ3v) is 2.90. The molecule has 1 aromatic rings. The fraction of sp³-hybridized carbons (Fsp3) is 0.0714. The summed E-state index contributed by atoms with van der Waals surface area (Å²) < 4.78 is 0. The van der Waals surface area contributed by atoms with Gasteiger partial charge >= 0.3 is 0 Å². The summed E-state index contributed by atoms with van der Waals surface area (Å²) in [6, 6.07) is 9.39. The van der Waals surface area contributed by atoms with Crippen molar-refractivity contribution in [3.05, 3.63) is 72.5 Å². The van der Waals surface area contributed by atoms with Crippen molar-refractivity contribution < 1.29 is 4.79 Å². The molecule has 17 heavy (non-hydrogen) atoms. The van der Waals surface area contributed by atoms with Crippen LogP contribution >= 0.6 is 0 Å². The Morgan fingerprint density at radius 3 is 2.65 bits per heavy atom. The van der Waals surface area contributed by atoms with Crippen molar-refractivity contribution in [3.8, 4) is 0 Å². The standard InChI is InChI=1S/C14H14N2O/c1-2-11-9-6-10-16-14(11,13(15)17)12-7-4-3-5-8-12/h2-10,16H,1H2,(H2,15,17). The first-order chi connectivity index (χ1) is 8.21. The average Bonchev–Trinajstić information content (AvgIpc) is 2.39. The number of dihydropyridines is 1. The molecule has 1 amide bonds. The Labute approximate surface area is 100 Å². The van der Waals surface area contributed by atoms with Gasteiger partial charge in [-0.15, -0.1) is 0 Å². The van der Waals surface area contributed by atoms with E-state index in [9.17, 15) is 4.79 Å². The summed E-state index contributed by atoms with van der Waals surface area (Å²) in [7, 11) is 0. The minimum absolute atomic E-state index is 0.445. The van der Waals surface area contributed by atoms with E-state index >= 15 is 0 Å². The molecule has 1 aliphatic heterocycles. The maximum absolute atomic E-state index is 11.9. The van der Waals surface area contributed by atoms with Crippen LogP contribution in [0.5, 0.6) is 0 Å². The van der Waals surface area contributed by atoms with Crippen LogP contribution in [0.3, 0.4) is 0 Å². The van der Waals surface area contributed by atoms with Gasteiger partial charge in [-0.3, -0.25) is 4.79 Å². The lowest BCUT2D eigenvalue weighted by atomic mass is 9.80. The predicted molar refractivity (Wildman–Crippen MR) is 67.9 cm³/mol. The van der Waals surface area contributed by atoms with E-state index < -0.39 is 11.4 Å². The molecule has 0 aliphatic carbocycles. The summed E-state index contributed by atoms with van der Waals surface area (Å²) in [4.78, 5) is 11.9. The molecule has 1 aromatic carbocycles. The zero-order valence-corrected chi connectivity index (χ0v) is 9.39. The first-order valence-electron chi connectivity index (χ1n) is 5.34. The molecule has 0 aromatic heterocycles. The second-order valence-electron chi connectivity index (χ2n) is 3.81. The van der Waals surface area contributed by atoms with E-state index in [0.29, 0.717) is 0 Å². The second-order valence-corrected chi connectivity index (χ2v) is 3.81. The molecule has 2 rings (SSSR count). The third kappa shape index (κ3) is 1.65. The second kappa shape index (κ2) is 4.29. The molecule has 0 bridgehead atoms. The SMILES string of the molecule is C=CC1=CC=CNC1(C(N)=O)c1ccccc1. The average molecular weight is 226 g/mol. The highest BCUT2D eigenvalue weighted by atomic mass is 16.1. The van der Waals surface area contributed by atoms with E-state index in [4.69, 9.17) is 5.73 Å². The molecule has 0 fully saturated rings. The van der Waals surface area contributed by atoms with Gasteiger partial charge in [-0.05, 0) is 23.4 Å². The Bertz CT molecular complexity index is 502. The van der Waals surface area contributed by atoms with Crippen molar-refractivity contribution in [2.24, 2.45) is 5.73 Å². The number of benzene rings is 1. The van der Waals surface area contributed by atoms with Gasteiger partial charge in [-0.25, -0.2) is 0 Å². The molecular weight excluding hydrogens is 212 g/mol. The molecule has 1 atom stereocenters. The van der Waals surface area contributed by atoms with Crippen LogP contribution in [0, 0.1) is 0 Å². The number of amides is 1. The van der Waals surface area contributed by atoms with Gasteiger partial charge in [-0.1, -0.05) is 49.1 Å². The number of carbonyl (C=O) groups is 1. The van der Waals surface area contributed by atoms with Crippen LogP contribution in [0.4, 0.5) is 0 Å². The number of hydrogen-bond acceptors (Lipinski definition) is 2. The lowest BCUT2D eigenvalue weighted by molar-refractivity contribution is -0.122. The Morgan fingerprint density at radius 2 is 2.06 bits per heavy atom. The molecule has 3 nitrogen and oxygen atoms in total. The number of primary amides is 1. The number of nitrogens with two attached hydrogens (primary N) is 1. The number of rotatable bonds is 3. The fourth-order valence-electron chi connectivity index (χ4n) is 2.05. The number of allylic oxidation sites excluding steroid dienone is 2. The van der Waals surface area contributed by atoms with Gasteiger partial charge in [0.15, 0.2) is 5.54 Å². The molecule has 0 saturated carbocycles. The summed E-state index contributed by atoms with van der Waals surface area (Å²) in [5.74, 6) is -0.445. The zero-order chi connectivity index (χ0) is 12.3. The highest BCUT2D eigenvalue weighted by Gasteiger charge is 2.41. The number of carbonyl (C=O) groups excluding carboxylic acids is 1. The molecule has 0 radical (unpaired) electrons. The van der Waals surface area contributed by atoms with Crippen molar-refractivity contribution in [1.82, 2.24) is 5.32 Å². The minimum Gasteiger partial charge on any atom is -0.370 e. The Hall–Kier alpha value is -2.29. The zero-order valence-electron chi connectivity index (χ0n) is 9.39. The minimum atomic E-state index is -1.02. The first kappa shape index (κ1) is 11.2. The van der Waals surface area contributed by atoms with Crippen LogP contribution in [0.25, 0.3) is 0 Å². The van der Waals surface area contributed by atoms with Gasteiger partial charge in [0.2, 0.25) is 0 Å². The van der Waals surface area contributed by atoms with Crippen LogP contribution in [-0.4, -0.2) is 5.91 Å². The molecule has 0 spiro atoms. The van der Waals surface area contributed by atoms with Crippen LogP contribution in [0.1, 0.15) is 5.56 Å². The van der Waals surface area contributed by atoms with E-state index in [-0.39, 0.29) is 0 Å². The highest BCUT2D eigenvalue weighted by Crippen LogP contribution is 2.32. The van der Waals surface area contributed by atoms with Crippen LogP contribution in [0.2, 0.25) is 0 Å². The smallest absolute Gasteiger partial charge is 0.252 e. The van der Waals surface area contributed by atoms with E-state index in [0.717, 1.165) is 11.1 Å². The van der Waals surface area contributed by atoms with E-state index in [1.807, 2.05) is 42.5 Å². The van der Waals surface area contributed by atoms with Crippen molar-refractivity contribution in [3.63, 3.8) is 0 Å². The predicted octanol–water partition coefficient (Wildman–Crippen LogP) is 1.60. The summed E-state index contributed by atoms with van der Waals surface area (Å²) in [5, 5.41) is 3.05. The number of nitrogens with one attached hydrogen (secondary N) is 1. The van der Waals surface area contributed by atoms with Gasteiger partial charge < -0.3 is 11.1 Å². The Kier molecular flexibility index (Phi) is 2.83. The molecule has 3 heteroatoms. The lowest BCUT2D eigenvalue weighted by Gasteiger charge is -2.34. The van der Waals surface area contributed by atoms with Gasteiger partial charge in [0, 0.05) is 0 Å². The van der Waals surface area contributed by atoms with Gasteiger partial charge in [0.1, 0.15) is 0 Å². The van der Waals surface area contributed by atoms with Gasteiger partial charge in [0.05, 0.1) is 0 Å². The maximum Gasteiger partial charge on any atom is 0.252 e. The van der Waals surface area contributed by atoms with Crippen LogP contribution < -0.4 is 11.1 Å². The fourth-order valence-corrected chi connectivity index (χ4v) is 2.05. The summed E-state index contributed by atoms with van der Waals surface area (Å²) in [6.07, 6.45) is 7.02. The Morgan fingerprint density at radius 1 is 1.35 bits per heavy atom. The molecule has 0 saturated heterocycles. The molecule has 1 unspecified atom stereocenters. The van der Waals surface area contributed by atoms with Crippen LogP contribution in [-0.2, 0) is 10.3 Å². The van der Waals surface area contributed by atoms with Gasteiger partial charge in [0.25, 0.3) is 5.91 Å². The number of hydrogen-bond donors (Lipinski definition) is 2. The third-order valence-electron chi connectivity index (χ3n) is 2.90. The quantitative estimate of drug-likeness (QED) is 0.822. The van der Waals surface area contributed by atoms with E-state index in [2.05, 4.69) is 11.9 Å². The van der Waals surface area contributed by atoms with Gasteiger partial charge in [-0.2, -0.15) is 0 Å². The summed E-state index contributed by atoms with van der Waals surface area (Å²) in [6.45, 7) is 3.74. The first-order valence-corrected chi connectivity index (χ1v) is 5.34. The monoisotopic (exact) mass is 226 g/mol. The molecule has 1 heterocycles. The van der Waals surface area contributed by atoms with Crippen molar-refractivity contribution >= 4 is 5.91 Å².